The Morgan fingerprint density at radius 3 is 2.35 bits per heavy atom. The summed E-state index contributed by atoms with van der Waals surface area (Å²) in [6, 6.07) is 27.2. The minimum Gasteiger partial charge on any atom is -0.457 e. The molecule has 0 bridgehead atoms. The number of para-hydroxylation sites is 1. The molecule has 20 heavy (non-hydrogen) atoms. The second-order valence-corrected chi connectivity index (χ2v) is 4.67. The van der Waals surface area contributed by atoms with Gasteiger partial charge in [0.1, 0.15) is 11.5 Å². The van der Waals surface area contributed by atoms with E-state index >= 15 is 0 Å². The van der Waals surface area contributed by atoms with Gasteiger partial charge in [0, 0.05) is 0 Å². The number of ether oxygens (including phenoxy) is 1. The average molecular weight is 259 g/mol. The highest BCUT2D eigenvalue weighted by atomic mass is 16.5. The van der Waals surface area contributed by atoms with Crippen LogP contribution in [0, 0.1) is 13.0 Å². The van der Waals surface area contributed by atoms with E-state index in [1.807, 2.05) is 60.7 Å². The Labute approximate surface area is 119 Å². The lowest BCUT2D eigenvalue weighted by Crippen LogP contribution is -1.86. The average Bonchev–Trinajstić information content (AvgIpc) is 2.49. The zero-order chi connectivity index (χ0) is 13.8. The van der Waals surface area contributed by atoms with Crippen LogP contribution < -0.4 is 4.74 Å². The van der Waals surface area contributed by atoms with Gasteiger partial charge in [-0.2, -0.15) is 0 Å². The fourth-order valence-electron chi connectivity index (χ4n) is 2.16. The van der Waals surface area contributed by atoms with Crippen LogP contribution in [0.4, 0.5) is 0 Å². The lowest BCUT2D eigenvalue weighted by molar-refractivity contribution is 0.483. The molecule has 0 aliphatic carbocycles. The first-order valence-electron chi connectivity index (χ1n) is 6.63. The molecule has 0 spiro atoms. The Bertz CT molecular complexity index is 702. The van der Waals surface area contributed by atoms with Gasteiger partial charge in [-0.1, -0.05) is 48.5 Å². The summed E-state index contributed by atoms with van der Waals surface area (Å²) in [4.78, 5) is 0. The van der Waals surface area contributed by atoms with Crippen molar-refractivity contribution in [3.8, 4) is 22.6 Å². The van der Waals surface area contributed by atoms with Gasteiger partial charge in [0.2, 0.25) is 0 Å². The van der Waals surface area contributed by atoms with Crippen molar-refractivity contribution >= 4 is 0 Å². The van der Waals surface area contributed by atoms with E-state index in [0.717, 1.165) is 17.1 Å². The molecule has 0 fully saturated rings. The Kier molecular flexibility index (Phi) is 3.51. The summed E-state index contributed by atoms with van der Waals surface area (Å²) in [6.07, 6.45) is 0. The predicted octanol–water partition coefficient (Wildman–Crippen LogP) is 5.25. The summed E-state index contributed by atoms with van der Waals surface area (Å²) >= 11 is 0. The van der Waals surface area contributed by atoms with Gasteiger partial charge in [-0.15, -0.1) is 0 Å². The fourth-order valence-corrected chi connectivity index (χ4v) is 2.16. The van der Waals surface area contributed by atoms with Crippen LogP contribution in [0.3, 0.4) is 0 Å². The van der Waals surface area contributed by atoms with E-state index in [1.54, 1.807) is 0 Å². The van der Waals surface area contributed by atoms with Crippen LogP contribution in [0.5, 0.6) is 11.5 Å². The first-order valence-corrected chi connectivity index (χ1v) is 6.63. The summed E-state index contributed by atoms with van der Waals surface area (Å²) in [6.45, 7) is 2.11. The van der Waals surface area contributed by atoms with Crippen LogP contribution in [0.15, 0.2) is 72.8 Å². The first-order chi connectivity index (χ1) is 9.83. The zero-order valence-corrected chi connectivity index (χ0v) is 11.3. The number of aryl methyl sites for hydroxylation is 1. The molecule has 0 aliphatic heterocycles. The number of rotatable bonds is 3. The number of hydrogen-bond acceptors (Lipinski definition) is 1. The molecule has 0 heterocycles. The SMILES string of the molecule is Cc1ccccc1-c1[c]ccc(Oc2ccccc2)c1. The van der Waals surface area contributed by atoms with E-state index in [9.17, 15) is 0 Å². The van der Waals surface area contributed by atoms with Crippen molar-refractivity contribution in [2.45, 2.75) is 6.92 Å². The van der Waals surface area contributed by atoms with Crippen molar-refractivity contribution in [2.24, 2.45) is 0 Å². The van der Waals surface area contributed by atoms with Gasteiger partial charge in [0.05, 0.1) is 0 Å². The maximum absolute atomic E-state index is 5.86. The number of benzene rings is 3. The third-order valence-electron chi connectivity index (χ3n) is 3.19. The second kappa shape index (κ2) is 5.62. The van der Waals surface area contributed by atoms with Crippen LogP contribution in [0.1, 0.15) is 5.56 Å². The number of hydrogen-bond donors (Lipinski definition) is 0. The van der Waals surface area contributed by atoms with Gasteiger partial charge in [-0.05, 0) is 53.9 Å². The Morgan fingerprint density at radius 2 is 1.55 bits per heavy atom. The van der Waals surface area contributed by atoms with E-state index in [0.29, 0.717) is 0 Å². The van der Waals surface area contributed by atoms with Crippen molar-refractivity contribution in [1.29, 1.82) is 0 Å². The second-order valence-electron chi connectivity index (χ2n) is 4.67. The van der Waals surface area contributed by atoms with Crippen LogP contribution in [-0.2, 0) is 0 Å². The smallest absolute Gasteiger partial charge is 0.128 e. The summed E-state index contributed by atoms with van der Waals surface area (Å²) in [5, 5.41) is 0. The molecule has 0 saturated carbocycles. The molecule has 0 saturated heterocycles. The molecular formula is C19H15O. The summed E-state index contributed by atoms with van der Waals surface area (Å²) < 4.78 is 5.86. The molecule has 0 N–H and O–H groups in total. The minimum absolute atomic E-state index is 0.827. The molecule has 3 rings (SSSR count). The van der Waals surface area contributed by atoms with E-state index in [4.69, 9.17) is 4.74 Å². The van der Waals surface area contributed by atoms with Crippen molar-refractivity contribution in [2.75, 3.05) is 0 Å². The summed E-state index contributed by atoms with van der Waals surface area (Å²) in [5.41, 5.74) is 3.48. The van der Waals surface area contributed by atoms with Gasteiger partial charge in [0.25, 0.3) is 0 Å². The third kappa shape index (κ3) is 2.72. The third-order valence-corrected chi connectivity index (χ3v) is 3.19. The zero-order valence-electron chi connectivity index (χ0n) is 11.3. The topological polar surface area (TPSA) is 9.23 Å². The maximum Gasteiger partial charge on any atom is 0.128 e. The molecule has 0 atom stereocenters. The Morgan fingerprint density at radius 1 is 0.800 bits per heavy atom. The van der Waals surface area contributed by atoms with Crippen LogP contribution in [-0.4, -0.2) is 0 Å². The molecule has 97 valence electrons. The largest absolute Gasteiger partial charge is 0.457 e. The van der Waals surface area contributed by atoms with E-state index in [1.165, 1.54) is 11.1 Å². The molecule has 1 heteroatoms. The van der Waals surface area contributed by atoms with Crippen molar-refractivity contribution in [3.05, 3.63) is 84.4 Å². The predicted molar refractivity (Wildman–Crippen MR) is 82.0 cm³/mol. The first kappa shape index (κ1) is 12.5. The molecule has 1 nitrogen and oxygen atoms in total. The monoisotopic (exact) mass is 259 g/mol. The van der Waals surface area contributed by atoms with Gasteiger partial charge in [0.15, 0.2) is 0 Å². The molecule has 0 aromatic heterocycles. The van der Waals surface area contributed by atoms with E-state index in [-0.39, 0.29) is 0 Å². The normalized spacial score (nSPS) is 10.2. The highest BCUT2D eigenvalue weighted by Gasteiger charge is 2.03. The van der Waals surface area contributed by atoms with Crippen molar-refractivity contribution < 1.29 is 4.74 Å². The molecule has 1 radical (unpaired) electrons. The Balaban J connectivity index is 1.92. The van der Waals surface area contributed by atoms with Gasteiger partial charge in [-0.25, -0.2) is 0 Å². The highest BCUT2D eigenvalue weighted by molar-refractivity contribution is 5.67. The van der Waals surface area contributed by atoms with Crippen molar-refractivity contribution in [1.82, 2.24) is 0 Å². The standard InChI is InChI=1S/C19H15O/c1-15-8-5-6-13-19(15)16-9-7-12-18(14-16)20-17-10-3-2-4-11-17/h2-8,10-14H,1H3. The van der Waals surface area contributed by atoms with Gasteiger partial charge < -0.3 is 4.74 Å². The fraction of sp³-hybridized carbons (Fsp3) is 0.0526. The lowest BCUT2D eigenvalue weighted by atomic mass is 10.0. The molecular weight excluding hydrogens is 244 g/mol. The van der Waals surface area contributed by atoms with Crippen molar-refractivity contribution in [3.63, 3.8) is 0 Å². The molecule has 3 aromatic rings. The Hall–Kier alpha value is -2.54. The minimum atomic E-state index is 0.827. The van der Waals surface area contributed by atoms with E-state index in [2.05, 4.69) is 25.1 Å². The van der Waals surface area contributed by atoms with Crippen LogP contribution >= 0.6 is 0 Å². The summed E-state index contributed by atoms with van der Waals surface area (Å²) in [7, 11) is 0. The van der Waals surface area contributed by atoms with E-state index < -0.39 is 0 Å². The highest BCUT2D eigenvalue weighted by Crippen LogP contribution is 2.28. The van der Waals surface area contributed by atoms with Gasteiger partial charge >= 0.3 is 0 Å². The molecule has 3 aromatic carbocycles. The van der Waals surface area contributed by atoms with Gasteiger partial charge in [-0.3, -0.25) is 0 Å². The lowest BCUT2D eigenvalue weighted by Gasteiger charge is -2.09. The quantitative estimate of drug-likeness (QED) is 0.623. The molecule has 0 amide bonds. The molecule has 0 unspecified atom stereocenters. The van der Waals surface area contributed by atoms with Crippen LogP contribution in [0.2, 0.25) is 0 Å². The maximum atomic E-state index is 5.86. The van der Waals surface area contributed by atoms with Crippen LogP contribution in [0.25, 0.3) is 11.1 Å². The summed E-state index contributed by atoms with van der Waals surface area (Å²) in [5.74, 6) is 1.67. The molecule has 0 aliphatic rings.